The van der Waals surface area contributed by atoms with Crippen LogP contribution in [0.5, 0.6) is 0 Å². The third kappa shape index (κ3) is 3.45. The number of methoxy groups -OCH3 is 1. The zero-order chi connectivity index (χ0) is 11.1. The molecule has 78 valence electrons. The fourth-order valence-corrected chi connectivity index (χ4v) is 1.15. The van der Waals surface area contributed by atoms with Crippen LogP contribution in [0.25, 0.3) is 6.08 Å². The summed E-state index contributed by atoms with van der Waals surface area (Å²) in [5, 5.41) is 0. The summed E-state index contributed by atoms with van der Waals surface area (Å²) in [5.41, 5.74) is 4.53. The highest BCUT2D eigenvalue weighted by Crippen LogP contribution is 2.04. The number of hydrogen-bond donors (Lipinski definition) is 0. The smallest absolute Gasteiger partial charge is 0.341 e. The first-order valence-corrected chi connectivity index (χ1v) is 4.87. The summed E-state index contributed by atoms with van der Waals surface area (Å²) in [6.07, 6.45) is 2.41. The summed E-state index contributed by atoms with van der Waals surface area (Å²) in [4.78, 5) is 11.2. The van der Waals surface area contributed by atoms with Crippen LogP contribution in [0.3, 0.4) is 0 Å². The van der Waals surface area contributed by atoms with Gasteiger partial charge in [0.2, 0.25) is 0 Å². The highest BCUT2D eigenvalue weighted by molar-refractivity contribution is 5.88. The topological polar surface area (TPSA) is 26.3 Å². The number of hydrogen-bond acceptors (Lipinski definition) is 2. The van der Waals surface area contributed by atoms with Gasteiger partial charge in [-0.05, 0) is 18.1 Å². The molecule has 1 rings (SSSR count). The van der Waals surface area contributed by atoms with Crippen molar-refractivity contribution in [1.29, 1.82) is 0 Å². The van der Waals surface area contributed by atoms with E-state index in [1.54, 1.807) is 6.08 Å². The third-order valence-corrected chi connectivity index (χ3v) is 2.00. The summed E-state index contributed by atoms with van der Waals surface area (Å²) in [5.74, 6) is -0.315. The van der Waals surface area contributed by atoms with E-state index in [1.165, 1.54) is 7.11 Å². The molecular formula is C13H14O2. The Labute approximate surface area is 89.9 Å². The average Bonchev–Trinajstić information content (AvgIpc) is 2.31. The van der Waals surface area contributed by atoms with Crippen molar-refractivity contribution in [3.63, 3.8) is 0 Å². The van der Waals surface area contributed by atoms with Crippen molar-refractivity contribution in [2.75, 3.05) is 7.11 Å². The van der Waals surface area contributed by atoms with Gasteiger partial charge in [0.25, 0.3) is 0 Å². The lowest BCUT2D eigenvalue weighted by molar-refractivity contribution is -0.136. The quantitative estimate of drug-likeness (QED) is 0.428. The fourth-order valence-electron chi connectivity index (χ4n) is 1.15. The van der Waals surface area contributed by atoms with Gasteiger partial charge >= 0.3 is 5.97 Å². The van der Waals surface area contributed by atoms with E-state index in [4.69, 9.17) is 0 Å². The zero-order valence-electron chi connectivity index (χ0n) is 8.99. The number of carbonyl (C=O) groups excluding carboxylic acids is 1. The summed E-state index contributed by atoms with van der Waals surface area (Å²) >= 11 is 0. The van der Waals surface area contributed by atoms with Crippen LogP contribution in [0.15, 0.2) is 41.6 Å². The molecule has 0 unspecified atom stereocenters. The first-order chi connectivity index (χ1) is 7.27. The molecule has 0 bridgehead atoms. The van der Waals surface area contributed by atoms with Crippen molar-refractivity contribution in [3.8, 4) is 0 Å². The van der Waals surface area contributed by atoms with E-state index in [0.29, 0.717) is 12.0 Å². The Kier molecular flexibility index (Phi) is 4.39. The Morgan fingerprint density at radius 3 is 2.60 bits per heavy atom. The van der Waals surface area contributed by atoms with Gasteiger partial charge in [-0.25, -0.2) is 4.79 Å². The molecule has 0 saturated heterocycles. The molecule has 2 nitrogen and oxygen atoms in total. The lowest BCUT2D eigenvalue weighted by Crippen LogP contribution is -2.02. The maximum atomic E-state index is 11.2. The number of benzene rings is 1. The van der Waals surface area contributed by atoms with Crippen LogP contribution in [0.1, 0.15) is 18.9 Å². The van der Waals surface area contributed by atoms with Gasteiger partial charge in [-0.3, -0.25) is 0 Å². The van der Waals surface area contributed by atoms with Gasteiger partial charge in [0.1, 0.15) is 0 Å². The van der Waals surface area contributed by atoms with Gasteiger partial charge < -0.3 is 4.74 Å². The van der Waals surface area contributed by atoms with Gasteiger partial charge in [0.05, 0.1) is 12.7 Å². The van der Waals surface area contributed by atoms with Crippen LogP contribution < -0.4 is 0 Å². The summed E-state index contributed by atoms with van der Waals surface area (Å²) in [6.45, 7) is 1.90. The molecular weight excluding hydrogens is 188 g/mol. The minimum Gasteiger partial charge on any atom is -0.465 e. The summed E-state index contributed by atoms with van der Waals surface area (Å²) in [7, 11) is 1.38. The zero-order valence-corrected chi connectivity index (χ0v) is 8.99. The summed E-state index contributed by atoms with van der Waals surface area (Å²) < 4.78 is 4.63. The molecule has 0 aliphatic carbocycles. The van der Waals surface area contributed by atoms with Crippen LogP contribution in [0.2, 0.25) is 0 Å². The highest BCUT2D eigenvalue weighted by Gasteiger charge is 2.04. The number of esters is 1. The van der Waals surface area contributed by atoms with E-state index in [2.05, 4.69) is 10.5 Å². The molecule has 0 saturated carbocycles. The molecule has 1 aromatic rings. The third-order valence-electron chi connectivity index (χ3n) is 2.00. The average molecular weight is 202 g/mol. The van der Waals surface area contributed by atoms with Crippen molar-refractivity contribution in [2.24, 2.45) is 0 Å². The Hall–Kier alpha value is -1.79. The Morgan fingerprint density at radius 1 is 1.40 bits per heavy atom. The van der Waals surface area contributed by atoms with Crippen molar-refractivity contribution >= 4 is 12.0 Å². The van der Waals surface area contributed by atoms with Crippen LogP contribution >= 0.6 is 0 Å². The molecule has 0 radical (unpaired) electrons. The molecule has 15 heavy (non-hydrogen) atoms. The van der Waals surface area contributed by atoms with Gasteiger partial charge in [-0.2, -0.15) is 0 Å². The van der Waals surface area contributed by atoms with Crippen LogP contribution in [-0.2, 0) is 9.53 Å². The second-order valence-corrected chi connectivity index (χ2v) is 3.02. The molecule has 0 heterocycles. The van der Waals surface area contributed by atoms with E-state index >= 15 is 0 Å². The fraction of sp³-hybridized carbons (Fsp3) is 0.231. The Morgan fingerprint density at radius 2 is 2.07 bits per heavy atom. The molecule has 0 aliphatic rings. The van der Waals surface area contributed by atoms with Crippen LogP contribution in [-0.4, -0.2) is 13.1 Å². The normalized spacial score (nSPS) is 8.93. The molecule has 0 spiro atoms. The van der Waals surface area contributed by atoms with E-state index < -0.39 is 0 Å². The first-order valence-electron chi connectivity index (χ1n) is 4.87. The van der Waals surface area contributed by atoms with Gasteiger partial charge in [0.15, 0.2) is 0 Å². The molecule has 0 N–H and O–H groups in total. The molecule has 0 aliphatic heterocycles. The van der Waals surface area contributed by atoms with Gasteiger partial charge in [0, 0.05) is 0 Å². The second kappa shape index (κ2) is 5.84. The Balaban J connectivity index is 2.93. The van der Waals surface area contributed by atoms with E-state index in [1.807, 2.05) is 37.3 Å². The lowest BCUT2D eigenvalue weighted by atomic mass is 10.2. The standard InChI is InChI=1S/C13H14O2/c1-3-12(13(14)15-2)10-9-11-7-5-4-6-8-11/h4-9H,3H2,1-2H3. The highest BCUT2D eigenvalue weighted by atomic mass is 16.5. The molecule has 0 atom stereocenters. The first kappa shape index (κ1) is 11.3. The molecule has 0 fully saturated rings. The van der Waals surface area contributed by atoms with Crippen molar-refractivity contribution in [2.45, 2.75) is 13.3 Å². The molecule has 0 aromatic heterocycles. The SMILES string of the molecule is CCC(=C=Cc1ccccc1)C(=O)OC. The van der Waals surface area contributed by atoms with Crippen molar-refractivity contribution in [3.05, 3.63) is 47.2 Å². The minimum absolute atomic E-state index is 0.315. The molecule has 2 heteroatoms. The summed E-state index contributed by atoms with van der Waals surface area (Å²) in [6, 6.07) is 9.74. The van der Waals surface area contributed by atoms with E-state index in [-0.39, 0.29) is 5.97 Å². The number of rotatable bonds is 3. The monoisotopic (exact) mass is 202 g/mol. The lowest BCUT2D eigenvalue weighted by Gasteiger charge is -1.97. The predicted molar refractivity (Wildman–Crippen MR) is 60.2 cm³/mol. The number of carbonyl (C=O) groups is 1. The van der Waals surface area contributed by atoms with Crippen molar-refractivity contribution in [1.82, 2.24) is 0 Å². The molecule has 1 aromatic carbocycles. The largest absolute Gasteiger partial charge is 0.465 e. The molecule has 0 amide bonds. The maximum absolute atomic E-state index is 11.2. The predicted octanol–water partition coefficient (Wildman–Crippen LogP) is 2.81. The van der Waals surface area contributed by atoms with Gasteiger partial charge in [-0.1, -0.05) is 37.3 Å². The van der Waals surface area contributed by atoms with E-state index in [0.717, 1.165) is 5.56 Å². The van der Waals surface area contributed by atoms with Crippen LogP contribution in [0, 0.1) is 0 Å². The minimum atomic E-state index is -0.315. The Bertz CT molecular complexity index is 384. The van der Waals surface area contributed by atoms with Gasteiger partial charge in [-0.15, -0.1) is 5.73 Å². The maximum Gasteiger partial charge on any atom is 0.341 e. The van der Waals surface area contributed by atoms with Crippen LogP contribution in [0.4, 0.5) is 0 Å². The second-order valence-electron chi connectivity index (χ2n) is 3.02. The van der Waals surface area contributed by atoms with Crippen molar-refractivity contribution < 1.29 is 9.53 Å². The van der Waals surface area contributed by atoms with E-state index in [9.17, 15) is 4.79 Å². The number of ether oxygens (including phenoxy) is 1.